The Bertz CT molecular complexity index is 1030. The molecule has 2 atom stereocenters. The number of phenolic OH excluding ortho intramolecular Hbond substituents is 1. The molecule has 2 aromatic carbocycles. The molecular weight excluding hydrogens is 372 g/mol. The number of rotatable bonds is 4. The highest BCUT2D eigenvalue weighted by Crippen LogP contribution is 2.50. The van der Waals surface area contributed by atoms with Crippen molar-refractivity contribution in [1.29, 1.82) is 0 Å². The van der Waals surface area contributed by atoms with Gasteiger partial charge in [0.15, 0.2) is 11.5 Å². The van der Waals surface area contributed by atoms with E-state index in [1.165, 1.54) is 0 Å². The van der Waals surface area contributed by atoms with Crippen molar-refractivity contribution in [2.24, 2.45) is 5.10 Å². The highest BCUT2D eigenvalue weighted by molar-refractivity contribution is 7.07. The van der Waals surface area contributed by atoms with E-state index >= 15 is 0 Å². The van der Waals surface area contributed by atoms with Gasteiger partial charge in [0.1, 0.15) is 5.75 Å². The number of phenols is 1. The number of fused-ring (bicyclic) bond motifs is 3. The Labute approximate surface area is 167 Å². The van der Waals surface area contributed by atoms with E-state index < -0.39 is 0 Å². The third-order valence-corrected chi connectivity index (χ3v) is 5.79. The van der Waals surface area contributed by atoms with Crippen molar-refractivity contribution in [2.75, 3.05) is 6.61 Å². The molecule has 0 bridgehead atoms. The lowest BCUT2D eigenvalue weighted by molar-refractivity contribution is -0.0209. The first-order valence-electron chi connectivity index (χ1n) is 9.34. The lowest BCUT2D eigenvalue weighted by atomic mass is 9.95. The van der Waals surface area contributed by atoms with Crippen LogP contribution in [0.25, 0.3) is 0 Å². The van der Waals surface area contributed by atoms with Crippen molar-refractivity contribution in [3.8, 4) is 17.2 Å². The van der Waals surface area contributed by atoms with E-state index in [1.54, 1.807) is 23.5 Å². The normalized spacial score (nSPS) is 20.2. The topological polar surface area (TPSA) is 54.3 Å². The number of hydrogen-bond donors (Lipinski definition) is 1. The molecule has 6 heteroatoms. The summed E-state index contributed by atoms with van der Waals surface area (Å²) in [5, 5.41) is 21.0. The van der Waals surface area contributed by atoms with Crippen LogP contribution in [0.4, 0.5) is 0 Å². The van der Waals surface area contributed by atoms with E-state index in [4.69, 9.17) is 14.6 Å². The average molecular weight is 392 g/mol. The van der Waals surface area contributed by atoms with Crippen LogP contribution in [0, 0.1) is 0 Å². The first-order chi connectivity index (χ1) is 13.7. The SMILES string of the molecule is CCOc1cccc2c1O[C@H](c1ccsc1)N1N=C(c3cccc(O)c3)C[C@H]21. The van der Waals surface area contributed by atoms with Gasteiger partial charge in [-0.15, -0.1) is 0 Å². The maximum atomic E-state index is 9.88. The Hall–Kier alpha value is -2.99. The van der Waals surface area contributed by atoms with E-state index in [1.807, 2.05) is 41.6 Å². The smallest absolute Gasteiger partial charge is 0.214 e. The Morgan fingerprint density at radius 2 is 2.14 bits per heavy atom. The Morgan fingerprint density at radius 3 is 2.93 bits per heavy atom. The van der Waals surface area contributed by atoms with Gasteiger partial charge in [0.05, 0.1) is 18.4 Å². The Morgan fingerprint density at radius 1 is 1.25 bits per heavy atom. The summed E-state index contributed by atoms with van der Waals surface area (Å²) in [6.45, 7) is 2.56. The van der Waals surface area contributed by atoms with Gasteiger partial charge in [0, 0.05) is 23.1 Å². The van der Waals surface area contributed by atoms with Gasteiger partial charge in [0.25, 0.3) is 0 Å². The molecule has 3 heterocycles. The number of nitrogens with zero attached hydrogens (tertiary/aromatic N) is 2. The average Bonchev–Trinajstić information content (AvgIpc) is 3.38. The van der Waals surface area contributed by atoms with Crippen LogP contribution in [0.15, 0.2) is 64.4 Å². The van der Waals surface area contributed by atoms with Gasteiger partial charge >= 0.3 is 0 Å². The number of para-hydroxylation sites is 1. The standard InChI is InChI=1S/C22H20N2O3S/c1-2-26-20-8-4-7-17-19-12-18(14-5-3-6-16(25)11-14)23-24(19)22(27-21(17)20)15-9-10-28-13-15/h3-11,13,19,22,25H,2,12H2,1H3/t19-,22-/m1/s1. The zero-order valence-electron chi connectivity index (χ0n) is 15.4. The molecule has 1 N–H and O–H groups in total. The predicted octanol–water partition coefficient (Wildman–Crippen LogP) is 5.09. The largest absolute Gasteiger partial charge is 0.508 e. The zero-order chi connectivity index (χ0) is 19.1. The fraction of sp³-hybridized carbons (Fsp3) is 0.227. The number of thiophene rings is 1. The second-order valence-corrected chi connectivity index (χ2v) is 7.61. The fourth-order valence-electron chi connectivity index (χ4n) is 3.85. The lowest BCUT2D eigenvalue weighted by Crippen LogP contribution is -2.33. The quantitative estimate of drug-likeness (QED) is 0.672. The second-order valence-electron chi connectivity index (χ2n) is 6.83. The van der Waals surface area contributed by atoms with E-state index in [0.29, 0.717) is 6.61 Å². The van der Waals surface area contributed by atoms with Crippen molar-refractivity contribution in [2.45, 2.75) is 25.6 Å². The molecule has 5 nitrogen and oxygen atoms in total. The van der Waals surface area contributed by atoms with Gasteiger partial charge in [-0.1, -0.05) is 24.3 Å². The molecule has 2 aliphatic heterocycles. The number of ether oxygens (including phenoxy) is 2. The minimum atomic E-state index is -0.305. The molecule has 142 valence electrons. The summed E-state index contributed by atoms with van der Waals surface area (Å²) in [4.78, 5) is 0. The maximum Gasteiger partial charge on any atom is 0.214 e. The van der Waals surface area contributed by atoms with Crippen molar-refractivity contribution in [1.82, 2.24) is 5.01 Å². The molecule has 0 aliphatic carbocycles. The molecule has 1 aromatic heterocycles. The van der Waals surface area contributed by atoms with Crippen LogP contribution in [-0.2, 0) is 0 Å². The molecule has 3 aromatic rings. The summed E-state index contributed by atoms with van der Waals surface area (Å²) in [7, 11) is 0. The molecule has 0 saturated heterocycles. The summed E-state index contributed by atoms with van der Waals surface area (Å²) in [6.07, 6.45) is 0.441. The third-order valence-electron chi connectivity index (χ3n) is 5.09. The minimum Gasteiger partial charge on any atom is -0.508 e. The third kappa shape index (κ3) is 2.81. The van der Waals surface area contributed by atoms with Crippen LogP contribution >= 0.6 is 11.3 Å². The molecule has 0 amide bonds. The van der Waals surface area contributed by atoms with Crippen LogP contribution in [0.1, 0.15) is 42.3 Å². The molecule has 0 spiro atoms. The Balaban J connectivity index is 1.61. The summed E-state index contributed by atoms with van der Waals surface area (Å²) in [5.41, 5.74) is 4.03. The highest BCUT2D eigenvalue weighted by atomic mass is 32.1. The molecule has 0 saturated carbocycles. The van der Waals surface area contributed by atoms with Gasteiger partial charge in [0.2, 0.25) is 6.23 Å². The number of benzene rings is 2. The van der Waals surface area contributed by atoms with Crippen LogP contribution in [0.3, 0.4) is 0 Å². The maximum absolute atomic E-state index is 9.88. The van der Waals surface area contributed by atoms with E-state index in [-0.39, 0.29) is 18.0 Å². The fourth-order valence-corrected chi connectivity index (χ4v) is 4.51. The monoisotopic (exact) mass is 392 g/mol. The van der Waals surface area contributed by atoms with Gasteiger partial charge < -0.3 is 14.6 Å². The lowest BCUT2D eigenvalue weighted by Gasteiger charge is -2.38. The van der Waals surface area contributed by atoms with Gasteiger partial charge in [-0.2, -0.15) is 16.4 Å². The summed E-state index contributed by atoms with van der Waals surface area (Å²) >= 11 is 1.64. The van der Waals surface area contributed by atoms with E-state index in [0.717, 1.165) is 40.3 Å². The summed E-state index contributed by atoms with van der Waals surface area (Å²) < 4.78 is 12.3. The number of aromatic hydroxyl groups is 1. The first kappa shape index (κ1) is 17.1. The molecule has 0 radical (unpaired) electrons. The van der Waals surface area contributed by atoms with Crippen LogP contribution in [0.5, 0.6) is 17.2 Å². The van der Waals surface area contributed by atoms with Crippen molar-refractivity contribution >= 4 is 17.0 Å². The van der Waals surface area contributed by atoms with Crippen LogP contribution < -0.4 is 9.47 Å². The molecule has 0 fully saturated rings. The van der Waals surface area contributed by atoms with Gasteiger partial charge in [-0.3, -0.25) is 0 Å². The summed E-state index contributed by atoms with van der Waals surface area (Å²) in [5.74, 6) is 1.81. The van der Waals surface area contributed by atoms with Crippen molar-refractivity contribution in [3.05, 3.63) is 76.0 Å². The highest BCUT2D eigenvalue weighted by Gasteiger charge is 2.42. The van der Waals surface area contributed by atoms with Crippen LogP contribution in [-0.4, -0.2) is 22.4 Å². The van der Waals surface area contributed by atoms with E-state index in [9.17, 15) is 5.11 Å². The molecule has 2 aliphatic rings. The van der Waals surface area contributed by atoms with Crippen molar-refractivity contribution in [3.63, 3.8) is 0 Å². The summed E-state index contributed by atoms with van der Waals surface area (Å²) in [6, 6.07) is 15.4. The predicted molar refractivity (Wildman–Crippen MR) is 109 cm³/mol. The van der Waals surface area contributed by atoms with Crippen LogP contribution in [0.2, 0.25) is 0 Å². The van der Waals surface area contributed by atoms with Crippen molar-refractivity contribution < 1.29 is 14.6 Å². The van der Waals surface area contributed by atoms with Gasteiger partial charge in [-0.05, 0) is 41.9 Å². The second kappa shape index (κ2) is 6.87. The van der Waals surface area contributed by atoms with Gasteiger partial charge in [-0.25, -0.2) is 5.01 Å². The molecular formula is C22H20N2O3S. The molecule has 28 heavy (non-hydrogen) atoms. The number of hydrogen-bond acceptors (Lipinski definition) is 6. The minimum absolute atomic E-state index is 0.0615. The molecule has 5 rings (SSSR count). The first-order valence-corrected chi connectivity index (χ1v) is 10.3. The van der Waals surface area contributed by atoms with E-state index in [2.05, 4.69) is 17.5 Å². The Kier molecular flexibility index (Phi) is 4.20. The molecule has 0 unspecified atom stereocenters. The number of hydrazone groups is 1. The zero-order valence-corrected chi connectivity index (χ0v) is 16.2.